The number of phenols is 1. The van der Waals surface area contributed by atoms with Crippen LogP contribution in [0, 0.1) is 36.5 Å². The number of aromatic hydroxyl groups is 1. The Bertz CT molecular complexity index is 2180. The summed E-state index contributed by atoms with van der Waals surface area (Å²) in [5.41, 5.74) is -9.04. The van der Waals surface area contributed by atoms with Crippen LogP contribution >= 0.6 is 0 Å². The maximum atomic E-state index is 14.3. The van der Waals surface area contributed by atoms with Crippen molar-refractivity contribution in [1.29, 1.82) is 0 Å². The van der Waals surface area contributed by atoms with Crippen LogP contribution < -0.4 is 9.80 Å². The van der Waals surface area contributed by atoms with Crippen LogP contribution in [0.1, 0.15) is 52.1 Å². The van der Waals surface area contributed by atoms with Gasteiger partial charge in [0.15, 0.2) is 0 Å². The summed E-state index contributed by atoms with van der Waals surface area (Å²) in [6.07, 6.45) is -20.9. The Morgan fingerprint density at radius 1 is 0.571 bits per heavy atom. The van der Waals surface area contributed by atoms with Crippen molar-refractivity contribution in [3.8, 4) is 5.75 Å². The van der Waals surface area contributed by atoms with E-state index < -0.39 is 130 Å². The summed E-state index contributed by atoms with van der Waals surface area (Å²) in [6, 6.07) is 4.60. The number of phenolic OH excluding ortho intramolecular Hbond substituents is 1. The number of carbonyl (C=O) groups is 4. The number of hydrogen-bond donors (Lipinski definition) is 1. The van der Waals surface area contributed by atoms with Gasteiger partial charge in [0, 0.05) is 11.5 Å². The number of benzene rings is 3. The molecule has 2 saturated heterocycles. The molecule has 19 heteroatoms. The van der Waals surface area contributed by atoms with Crippen LogP contribution in [0.2, 0.25) is 0 Å². The van der Waals surface area contributed by atoms with Crippen molar-refractivity contribution in [2.24, 2.45) is 29.6 Å². The van der Waals surface area contributed by atoms with Crippen molar-refractivity contribution in [2.45, 2.75) is 50.4 Å². The molecular weight excluding hydrogens is 780 g/mol. The number of anilines is 2. The minimum absolute atomic E-state index is 0.0289. The summed E-state index contributed by atoms with van der Waals surface area (Å²) in [5.74, 6) is -14.1. The summed E-state index contributed by atoms with van der Waals surface area (Å²) in [4.78, 5) is 56.7. The van der Waals surface area contributed by atoms with E-state index in [1.165, 1.54) is 31.2 Å². The van der Waals surface area contributed by atoms with E-state index in [2.05, 4.69) is 0 Å². The predicted octanol–water partition coefficient (Wildman–Crippen LogP) is 8.82. The number of imide groups is 2. The number of carbonyl (C=O) groups excluding carboxylic acids is 4. The molecular formula is C37H24F12N2O5. The highest BCUT2D eigenvalue weighted by molar-refractivity contribution is 6.24. The maximum Gasteiger partial charge on any atom is 0.416 e. The summed E-state index contributed by atoms with van der Waals surface area (Å²) in [6.45, 7) is 1.46. The Morgan fingerprint density at radius 3 is 1.45 bits per heavy atom. The largest absolute Gasteiger partial charge is 0.507 e. The molecule has 3 fully saturated rings. The van der Waals surface area contributed by atoms with Gasteiger partial charge in [-0.25, -0.2) is 9.80 Å². The maximum absolute atomic E-state index is 14.3. The molecule has 3 aromatic rings. The molecule has 7 nitrogen and oxygen atoms in total. The second kappa shape index (κ2) is 12.6. The third kappa shape index (κ3) is 6.18. The lowest BCUT2D eigenvalue weighted by atomic mass is 9.57. The molecule has 6 unspecified atom stereocenters. The first-order valence-corrected chi connectivity index (χ1v) is 16.6. The molecule has 2 aliphatic heterocycles. The molecule has 2 aliphatic carbocycles. The fourth-order valence-electron chi connectivity index (χ4n) is 8.51. The summed E-state index contributed by atoms with van der Waals surface area (Å²) in [5, 5.41) is 11.2. The van der Waals surface area contributed by atoms with Gasteiger partial charge >= 0.3 is 24.7 Å². The number of hydrogen-bond acceptors (Lipinski definition) is 5. The van der Waals surface area contributed by atoms with Gasteiger partial charge < -0.3 is 5.11 Å². The van der Waals surface area contributed by atoms with Crippen molar-refractivity contribution in [3.63, 3.8) is 0 Å². The average Bonchev–Trinajstić information content (AvgIpc) is 3.50. The molecule has 0 radical (unpaired) electrons. The fourth-order valence-corrected chi connectivity index (χ4v) is 8.51. The molecule has 296 valence electrons. The minimum Gasteiger partial charge on any atom is -0.507 e. The number of alkyl halides is 12. The van der Waals surface area contributed by atoms with Gasteiger partial charge in [-0.2, -0.15) is 52.7 Å². The number of allylic oxidation sites excluding steroid dienone is 2. The minimum atomic E-state index is -5.36. The van der Waals surface area contributed by atoms with Gasteiger partial charge in [-0.3, -0.25) is 19.2 Å². The van der Waals surface area contributed by atoms with Gasteiger partial charge in [-0.15, -0.1) is 0 Å². The third-order valence-electron chi connectivity index (χ3n) is 10.9. The summed E-state index contributed by atoms with van der Waals surface area (Å²) < 4.78 is 165. The monoisotopic (exact) mass is 804 g/mol. The molecule has 4 amide bonds. The van der Waals surface area contributed by atoms with E-state index in [0.29, 0.717) is 0 Å². The van der Waals surface area contributed by atoms with Gasteiger partial charge in [-0.1, -0.05) is 29.8 Å². The first kappa shape index (κ1) is 38.9. The van der Waals surface area contributed by atoms with E-state index in [1.807, 2.05) is 0 Å². The molecule has 0 spiro atoms. The smallest absolute Gasteiger partial charge is 0.416 e. The van der Waals surface area contributed by atoms with Crippen LogP contribution in [0.15, 0.2) is 66.2 Å². The highest BCUT2D eigenvalue weighted by atomic mass is 19.4. The van der Waals surface area contributed by atoms with Gasteiger partial charge in [0.2, 0.25) is 23.6 Å². The fraction of sp³-hybridized carbons (Fsp3) is 0.351. The van der Waals surface area contributed by atoms with Crippen molar-refractivity contribution in [2.75, 3.05) is 9.80 Å². The molecule has 1 saturated carbocycles. The zero-order valence-corrected chi connectivity index (χ0v) is 28.2. The molecule has 56 heavy (non-hydrogen) atoms. The Hall–Kier alpha value is -5.36. The van der Waals surface area contributed by atoms with E-state index in [0.717, 1.165) is 0 Å². The van der Waals surface area contributed by atoms with Gasteiger partial charge in [0.25, 0.3) is 0 Å². The van der Waals surface area contributed by atoms with Crippen LogP contribution in [0.5, 0.6) is 5.75 Å². The average molecular weight is 805 g/mol. The second-order valence-electron chi connectivity index (χ2n) is 14.1. The quantitative estimate of drug-likeness (QED) is 0.162. The number of para-hydroxylation sites is 1. The van der Waals surface area contributed by atoms with Crippen molar-refractivity contribution in [1.82, 2.24) is 0 Å². The van der Waals surface area contributed by atoms with Crippen LogP contribution in [0.25, 0.3) is 0 Å². The predicted molar refractivity (Wildman–Crippen MR) is 168 cm³/mol. The van der Waals surface area contributed by atoms with Crippen molar-refractivity contribution < 1.29 is 77.0 Å². The molecule has 3 aromatic carbocycles. The Labute approximate surface area is 307 Å². The molecule has 6 atom stereocenters. The van der Waals surface area contributed by atoms with E-state index >= 15 is 0 Å². The number of aryl methyl sites for hydroxylation is 1. The summed E-state index contributed by atoms with van der Waals surface area (Å²) in [7, 11) is 0. The van der Waals surface area contributed by atoms with E-state index in [9.17, 15) is 77.0 Å². The van der Waals surface area contributed by atoms with E-state index in [-0.39, 0.29) is 69.3 Å². The normalized spacial score (nSPS) is 25.7. The Kier molecular flexibility index (Phi) is 8.73. The van der Waals surface area contributed by atoms with Crippen LogP contribution in [-0.4, -0.2) is 28.7 Å². The lowest BCUT2D eigenvalue weighted by Crippen LogP contribution is -2.43. The van der Waals surface area contributed by atoms with Crippen LogP contribution in [0.4, 0.5) is 64.1 Å². The third-order valence-corrected chi connectivity index (χ3v) is 10.9. The highest BCUT2D eigenvalue weighted by Gasteiger charge is 2.63. The molecule has 7 rings (SSSR count). The van der Waals surface area contributed by atoms with Crippen LogP contribution in [0.3, 0.4) is 0 Å². The Morgan fingerprint density at radius 2 is 1.00 bits per heavy atom. The topological polar surface area (TPSA) is 95.0 Å². The molecule has 0 bridgehead atoms. The number of amides is 4. The summed E-state index contributed by atoms with van der Waals surface area (Å²) >= 11 is 0. The van der Waals surface area contributed by atoms with Crippen LogP contribution in [-0.2, 0) is 43.9 Å². The lowest BCUT2D eigenvalue weighted by molar-refractivity contribution is -0.144. The number of halogens is 12. The highest BCUT2D eigenvalue weighted by Crippen LogP contribution is 2.60. The number of nitrogens with zero attached hydrogens (tertiary/aromatic N) is 2. The zero-order chi connectivity index (χ0) is 41.2. The zero-order valence-electron chi connectivity index (χ0n) is 28.2. The standard InChI is InChI=1S/C37H24F12N2O5/c1-14-3-2-4-22(29(14)52)26-21-5-6-23-27(32(55)50(30(23)53)19-9-15(34(38,39)40)7-16(10-19)35(41,42)43)24(21)13-25-28(26)33(56)51(31(25)54)20-11-17(36(44,45)46)8-18(12-20)37(47,48)49/h2-5,7-12,23-28,52H,6,13H2,1H3. The first-order valence-electron chi connectivity index (χ1n) is 16.6. The van der Waals surface area contributed by atoms with Gasteiger partial charge in [0.05, 0.1) is 57.3 Å². The van der Waals surface area contributed by atoms with E-state index in [4.69, 9.17) is 0 Å². The van der Waals surface area contributed by atoms with E-state index in [1.54, 1.807) is 0 Å². The molecule has 1 N–H and O–H groups in total. The SMILES string of the molecule is Cc1cccc(C2C3=CCC4C(=O)N(c5cc(C(F)(F)F)cc(C(F)(F)F)c5)C(=O)C4C3CC3C(=O)N(c4cc(C(F)(F)F)cc(C(F)(F)F)c4)C(=O)C32)c1O. The van der Waals surface area contributed by atoms with Crippen molar-refractivity contribution >= 4 is 35.0 Å². The molecule has 4 aliphatic rings. The molecule has 2 heterocycles. The molecule has 0 aromatic heterocycles. The second-order valence-corrected chi connectivity index (χ2v) is 14.1. The lowest BCUT2D eigenvalue weighted by Gasteiger charge is -2.44. The van der Waals surface area contributed by atoms with Crippen molar-refractivity contribution in [3.05, 3.63) is 99.6 Å². The number of fused-ring (bicyclic) bond motifs is 4. The van der Waals surface area contributed by atoms with Gasteiger partial charge in [-0.05, 0) is 67.6 Å². The Balaban J connectivity index is 1.36. The first-order chi connectivity index (χ1) is 25.8. The number of rotatable bonds is 3. The van der Waals surface area contributed by atoms with Gasteiger partial charge in [0.1, 0.15) is 5.75 Å².